The first kappa shape index (κ1) is 26.6. The number of rotatable bonds is 9. The molecule has 0 bridgehead atoms. The summed E-state index contributed by atoms with van der Waals surface area (Å²) < 4.78 is 33.9. The molecule has 7 heteroatoms. The van der Waals surface area contributed by atoms with Crippen molar-refractivity contribution in [2.45, 2.75) is 38.3 Å². The smallest absolute Gasteiger partial charge is 0.303 e. The minimum atomic E-state index is -1.14. The number of aliphatic carboxylic acids is 1. The molecule has 0 saturated carbocycles. The van der Waals surface area contributed by atoms with Crippen LogP contribution in [0.2, 0.25) is 0 Å². The fourth-order valence-electron chi connectivity index (χ4n) is 5.16. The molecular formula is C30H32F2N2O3. The molecule has 4 rings (SSSR count). The highest BCUT2D eigenvalue weighted by atomic mass is 19.1. The number of hydrogen-bond acceptors (Lipinski definition) is 4. The lowest BCUT2D eigenvalue weighted by Crippen LogP contribution is -2.41. The molecule has 1 aliphatic heterocycles. The van der Waals surface area contributed by atoms with Crippen molar-refractivity contribution in [3.8, 4) is 17.6 Å². The van der Waals surface area contributed by atoms with Crippen molar-refractivity contribution in [1.82, 2.24) is 9.88 Å². The van der Waals surface area contributed by atoms with Gasteiger partial charge in [-0.15, -0.1) is 0 Å². The Morgan fingerprint density at radius 1 is 1.19 bits per heavy atom. The molecule has 1 fully saturated rings. The van der Waals surface area contributed by atoms with Gasteiger partial charge >= 0.3 is 5.97 Å². The summed E-state index contributed by atoms with van der Waals surface area (Å²) in [6.07, 6.45) is 3.09. The third-order valence-electron chi connectivity index (χ3n) is 7.19. The second-order valence-corrected chi connectivity index (χ2v) is 9.61. The Labute approximate surface area is 216 Å². The van der Waals surface area contributed by atoms with E-state index in [9.17, 15) is 14.3 Å². The summed E-state index contributed by atoms with van der Waals surface area (Å²) >= 11 is 0. The normalized spacial score (nSPS) is 18.7. The van der Waals surface area contributed by atoms with Crippen LogP contribution in [0.1, 0.15) is 49.4 Å². The summed E-state index contributed by atoms with van der Waals surface area (Å²) in [7, 11) is 1.59. The molecule has 1 N–H and O–H groups in total. The highest BCUT2D eigenvalue weighted by molar-refractivity contribution is 5.83. The van der Waals surface area contributed by atoms with Gasteiger partial charge in [0.2, 0.25) is 0 Å². The van der Waals surface area contributed by atoms with Gasteiger partial charge in [-0.3, -0.25) is 14.7 Å². The van der Waals surface area contributed by atoms with Crippen LogP contribution in [0.3, 0.4) is 0 Å². The number of carbonyl (C=O) groups is 1. The van der Waals surface area contributed by atoms with Gasteiger partial charge in [0.1, 0.15) is 17.7 Å². The number of pyridine rings is 1. The number of halogens is 2. The standard InChI is InChI=1S/C30H32F2N2O3/c1-37-25-10-12-29-27(19-25)26(14-16-33-29)28(32)11-6-22-15-18-34(20-23(22)7-13-30(35)36)17-2-3-21-4-8-24(31)9-5-21/h4-5,8-10,12,14,16,19,22-23,28H,6-7,11,13,15,17-18,20H2,1H3,(H,35,36)/t22-,23+,28?/m1/s1. The van der Waals surface area contributed by atoms with E-state index in [2.05, 4.69) is 21.7 Å². The molecule has 1 saturated heterocycles. The molecular weight excluding hydrogens is 474 g/mol. The zero-order valence-corrected chi connectivity index (χ0v) is 21.0. The Hall–Kier alpha value is -3.50. The molecule has 3 atom stereocenters. The van der Waals surface area contributed by atoms with Gasteiger partial charge in [-0.05, 0) is 98.2 Å². The minimum Gasteiger partial charge on any atom is -0.497 e. The van der Waals surface area contributed by atoms with E-state index >= 15 is 4.39 Å². The molecule has 0 aliphatic carbocycles. The average Bonchev–Trinajstić information content (AvgIpc) is 2.91. The fraction of sp³-hybridized carbons (Fsp3) is 0.400. The lowest BCUT2D eigenvalue weighted by atomic mass is 9.79. The first-order chi connectivity index (χ1) is 17.9. The van der Waals surface area contributed by atoms with Crippen LogP contribution in [0.25, 0.3) is 10.9 Å². The number of carboxylic acids is 1. The molecule has 0 spiro atoms. The first-order valence-corrected chi connectivity index (χ1v) is 12.7. The summed E-state index contributed by atoms with van der Waals surface area (Å²) in [5.74, 6) is 6.19. The van der Waals surface area contributed by atoms with Crippen LogP contribution < -0.4 is 4.74 Å². The maximum absolute atomic E-state index is 15.5. The molecule has 194 valence electrons. The van der Waals surface area contributed by atoms with Crippen molar-refractivity contribution >= 4 is 16.9 Å². The first-order valence-electron chi connectivity index (χ1n) is 12.7. The van der Waals surface area contributed by atoms with Gasteiger partial charge in [0.05, 0.1) is 19.2 Å². The predicted octanol–water partition coefficient (Wildman–Crippen LogP) is 6.03. The van der Waals surface area contributed by atoms with Gasteiger partial charge in [0.15, 0.2) is 0 Å². The molecule has 5 nitrogen and oxygen atoms in total. The Morgan fingerprint density at radius 3 is 2.76 bits per heavy atom. The van der Waals surface area contributed by atoms with E-state index in [1.807, 2.05) is 18.2 Å². The summed E-state index contributed by atoms with van der Waals surface area (Å²) in [6, 6.07) is 13.3. The second-order valence-electron chi connectivity index (χ2n) is 9.61. The maximum atomic E-state index is 15.5. The van der Waals surface area contributed by atoms with Crippen LogP contribution in [-0.4, -0.2) is 47.7 Å². The van der Waals surface area contributed by atoms with E-state index in [1.54, 1.807) is 31.5 Å². The van der Waals surface area contributed by atoms with Crippen LogP contribution >= 0.6 is 0 Å². The van der Waals surface area contributed by atoms with Gasteiger partial charge in [-0.2, -0.15) is 0 Å². The topological polar surface area (TPSA) is 62.7 Å². The number of carboxylic acid groups (broad SMARTS) is 1. The van der Waals surface area contributed by atoms with Crippen molar-refractivity contribution in [3.63, 3.8) is 0 Å². The Kier molecular flexibility index (Phi) is 9.08. The number of piperidine rings is 1. The number of hydrogen-bond donors (Lipinski definition) is 1. The Morgan fingerprint density at radius 2 is 2.00 bits per heavy atom. The van der Waals surface area contributed by atoms with Crippen molar-refractivity contribution in [1.29, 1.82) is 0 Å². The van der Waals surface area contributed by atoms with Crippen LogP contribution in [0, 0.1) is 29.5 Å². The van der Waals surface area contributed by atoms with Crippen LogP contribution in [0.15, 0.2) is 54.7 Å². The molecule has 0 radical (unpaired) electrons. The van der Waals surface area contributed by atoms with Crippen LogP contribution in [-0.2, 0) is 4.79 Å². The molecule has 0 amide bonds. The van der Waals surface area contributed by atoms with E-state index in [-0.39, 0.29) is 24.1 Å². The van der Waals surface area contributed by atoms with Crippen molar-refractivity contribution in [2.75, 3.05) is 26.7 Å². The lowest BCUT2D eigenvalue weighted by molar-refractivity contribution is -0.137. The minimum absolute atomic E-state index is 0.101. The summed E-state index contributed by atoms with van der Waals surface area (Å²) in [5, 5.41) is 10.0. The average molecular weight is 507 g/mol. The number of likely N-dealkylation sites (tertiary alicyclic amines) is 1. The molecule has 1 aliphatic rings. The number of nitrogens with zero attached hydrogens (tertiary/aromatic N) is 2. The Balaban J connectivity index is 1.39. The molecule has 3 aromatic rings. The maximum Gasteiger partial charge on any atom is 0.303 e. The molecule has 1 aromatic heterocycles. The summed E-state index contributed by atoms with van der Waals surface area (Å²) in [6.45, 7) is 2.13. The zero-order valence-electron chi connectivity index (χ0n) is 21.0. The highest BCUT2D eigenvalue weighted by Crippen LogP contribution is 2.36. The fourth-order valence-corrected chi connectivity index (χ4v) is 5.16. The number of fused-ring (bicyclic) bond motifs is 1. The molecule has 2 aromatic carbocycles. The van der Waals surface area contributed by atoms with Gasteiger partial charge in [0, 0.05) is 30.1 Å². The van der Waals surface area contributed by atoms with E-state index in [0.717, 1.165) is 36.0 Å². The number of ether oxygens (including phenoxy) is 1. The lowest BCUT2D eigenvalue weighted by Gasteiger charge is -2.38. The third-order valence-corrected chi connectivity index (χ3v) is 7.19. The van der Waals surface area contributed by atoms with Gasteiger partial charge in [-0.25, -0.2) is 8.78 Å². The van der Waals surface area contributed by atoms with Gasteiger partial charge in [-0.1, -0.05) is 11.8 Å². The third kappa shape index (κ3) is 7.27. The molecule has 1 unspecified atom stereocenters. The Bertz CT molecular complexity index is 1270. The number of alkyl halides is 1. The van der Waals surface area contributed by atoms with Crippen LogP contribution in [0.5, 0.6) is 5.75 Å². The van der Waals surface area contributed by atoms with E-state index in [4.69, 9.17) is 4.74 Å². The van der Waals surface area contributed by atoms with Crippen LogP contribution in [0.4, 0.5) is 8.78 Å². The quantitative estimate of drug-likeness (QED) is 0.359. The predicted molar refractivity (Wildman–Crippen MR) is 140 cm³/mol. The highest BCUT2D eigenvalue weighted by Gasteiger charge is 2.30. The SMILES string of the molecule is COc1ccc2nccc(C(F)CC[C@@H]3CCN(CC#Cc4ccc(F)cc4)C[C@@H]3CCC(=O)O)c2c1. The number of methoxy groups -OCH3 is 1. The van der Waals surface area contributed by atoms with Crippen molar-refractivity contribution in [2.24, 2.45) is 11.8 Å². The monoisotopic (exact) mass is 506 g/mol. The van der Waals surface area contributed by atoms with Crippen molar-refractivity contribution in [3.05, 3.63) is 71.7 Å². The summed E-state index contributed by atoms with van der Waals surface area (Å²) in [4.78, 5) is 17.9. The zero-order chi connectivity index (χ0) is 26.2. The molecule has 2 heterocycles. The van der Waals surface area contributed by atoms with E-state index in [1.165, 1.54) is 12.1 Å². The van der Waals surface area contributed by atoms with E-state index < -0.39 is 12.1 Å². The van der Waals surface area contributed by atoms with Gasteiger partial charge in [0.25, 0.3) is 0 Å². The molecule has 37 heavy (non-hydrogen) atoms. The second kappa shape index (κ2) is 12.6. The largest absolute Gasteiger partial charge is 0.497 e. The number of benzene rings is 2. The van der Waals surface area contributed by atoms with E-state index in [0.29, 0.717) is 37.1 Å². The van der Waals surface area contributed by atoms with Crippen molar-refractivity contribution < 1.29 is 23.4 Å². The summed E-state index contributed by atoms with van der Waals surface area (Å²) in [5.41, 5.74) is 2.10. The number of aromatic nitrogens is 1. The van der Waals surface area contributed by atoms with Gasteiger partial charge < -0.3 is 9.84 Å².